The molecule has 3 rings (SSSR count). The van der Waals surface area contributed by atoms with Crippen LogP contribution >= 0.6 is 0 Å². The van der Waals surface area contributed by atoms with Gasteiger partial charge in [0.25, 0.3) is 0 Å². The molecule has 0 radical (unpaired) electrons. The molecule has 3 aliphatic rings. The summed E-state index contributed by atoms with van der Waals surface area (Å²) >= 11 is 0. The van der Waals surface area contributed by atoms with Crippen molar-refractivity contribution >= 4 is 5.96 Å². The average Bonchev–Trinajstić information content (AvgIpc) is 2.05. The molecule has 0 aromatic rings. The molecule has 12 heavy (non-hydrogen) atoms. The zero-order valence-corrected chi connectivity index (χ0v) is 7.29. The van der Waals surface area contributed by atoms with E-state index in [1.54, 1.807) is 0 Å². The Morgan fingerprint density at radius 2 is 1.92 bits per heavy atom. The maximum absolute atomic E-state index is 5.42. The summed E-state index contributed by atoms with van der Waals surface area (Å²) in [7, 11) is 0. The summed E-state index contributed by atoms with van der Waals surface area (Å²) in [5, 5.41) is 0. The van der Waals surface area contributed by atoms with Crippen molar-refractivity contribution in [3.63, 3.8) is 0 Å². The highest BCUT2D eigenvalue weighted by molar-refractivity contribution is 5.69. The molecule has 3 aliphatic heterocycles. The van der Waals surface area contributed by atoms with Crippen LogP contribution in [0, 0.1) is 5.92 Å². The molecular weight excluding hydrogens is 152 g/mol. The summed E-state index contributed by atoms with van der Waals surface area (Å²) in [5.41, 5.74) is 10.8. The summed E-state index contributed by atoms with van der Waals surface area (Å²) in [6, 6.07) is 0.498. The van der Waals surface area contributed by atoms with Crippen LogP contribution < -0.4 is 16.5 Å². The highest BCUT2D eigenvalue weighted by Gasteiger charge is 2.34. The first-order valence-electron chi connectivity index (χ1n) is 4.62. The SMILES string of the molecule is NC(N)=[NH+][C@@H]1CN2CCC1CC2. The van der Waals surface area contributed by atoms with Crippen molar-refractivity contribution in [1.29, 1.82) is 0 Å². The van der Waals surface area contributed by atoms with E-state index >= 15 is 0 Å². The Kier molecular flexibility index (Phi) is 1.92. The molecule has 0 spiro atoms. The largest absolute Gasteiger partial charge is 0.339 e. The van der Waals surface area contributed by atoms with Crippen molar-refractivity contribution < 1.29 is 4.99 Å². The number of nitrogens with one attached hydrogen (secondary N) is 1. The molecule has 1 atom stereocenters. The van der Waals surface area contributed by atoms with Crippen LogP contribution in [0.2, 0.25) is 0 Å². The van der Waals surface area contributed by atoms with E-state index in [1.807, 2.05) is 0 Å². The van der Waals surface area contributed by atoms with Crippen LogP contribution in [-0.2, 0) is 0 Å². The molecule has 0 aromatic heterocycles. The van der Waals surface area contributed by atoms with Gasteiger partial charge in [-0.15, -0.1) is 0 Å². The Balaban J connectivity index is 2.04. The molecular formula is C8H17N4+. The van der Waals surface area contributed by atoms with E-state index in [0.29, 0.717) is 12.0 Å². The number of nitrogens with zero attached hydrogens (tertiary/aromatic N) is 1. The zero-order valence-electron chi connectivity index (χ0n) is 7.29. The predicted molar refractivity (Wildman–Crippen MR) is 47.3 cm³/mol. The van der Waals surface area contributed by atoms with Gasteiger partial charge in [-0.1, -0.05) is 0 Å². The van der Waals surface area contributed by atoms with Gasteiger partial charge < -0.3 is 0 Å². The zero-order chi connectivity index (χ0) is 8.55. The first kappa shape index (κ1) is 7.86. The van der Waals surface area contributed by atoms with Crippen LogP contribution in [-0.4, -0.2) is 36.5 Å². The molecule has 68 valence electrons. The number of piperidine rings is 3. The van der Waals surface area contributed by atoms with Gasteiger partial charge in [0, 0.05) is 6.54 Å². The maximum Gasteiger partial charge on any atom is 0.339 e. The third kappa shape index (κ3) is 1.39. The molecule has 4 nitrogen and oxygen atoms in total. The third-order valence-electron chi connectivity index (χ3n) is 3.01. The molecule has 4 heteroatoms. The number of hydrogen-bond acceptors (Lipinski definition) is 1. The molecule has 2 bridgehead atoms. The van der Waals surface area contributed by atoms with Gasteiger partial charge in [-0.05, 0) is 31.8 Å². The lowest BCUT2D eigenvalue weighted by atomic mass is 9.84. The first-order chi connectivity index (χ1) is 5.75. The number of rotatable bonds is 1. The van der Waals surface area contributed by atoms with Gasteiger partial charge in [-0.3, -0.25) is 21.4 Å². The molecule has 3 saturated heterocycles. The lowest BCUT2D eigenvalue weighted by Crippen LogP contribution is -2.88. The Hall–Kier alpha value is -0.770. The summed E-state index contributed by atoms with van der Waals surface area (Å²) in [6.07, 6.45) is 2.59. The lowest BCUT2D eigenvalue weighted by Gasteiger charge is -2.42. The molecule has 0 aromatic carbocycles. The fourth-order valence-electron chi connectivity index (χ4n) is 2.34. The van der Waals surface area contributed by atoms with Crippen molar-refractivity contribution in [3.05, 3.63) is 0 Å². The molecule has 0 aliphatic carbocycles. The molecule has 0 amide bonds. The number of nitrogens with two attached hydrogens (primary N) is 2. The van der Waals surface area contributed by atoms with Crippen LogP contribution in [0.4, 0.5) is 0 Å². The van der Waals surface area contributed by atoms with Crippen LogP contribution in [0.5, 0.6) is 0 Å². The van der Waals surface area contributed by atoms with E-state index in [-0.39, 0.29) is 0 Å². The molecule has 5 N–H and O–H groups in total. The van der Waals surface area contributed by atoms with Gasteiger partial charge in [0.15, 0.2) is 0 Å². The minimum atomic E-state index is 0.369. The highest BCUT2D eigenvalue weighted by Crippen LogP contribution is 2.25. The number of fused-ring (bicyclic) bond motifs is 3. The van der Waals surface area contributed by atoms with E-state index < -0.39 is 0 Å². The second kappa shape index (κ2) is 2.94. The van der Waals surface area contributed by atoms with E-state index in [9.17, 15) is 0 Å². The standard InChI is InChI=1S/C8H16N4/c9-8(10)11-7-5-12-3-1-6(7)2-4-12/h6-7H,1-5H2,(H4,9,10,11)/p+1/t7-/m1/s1. The van der Waals surface area contributed by atoms with Crippen LogP contribution in [0.15, 0.2) is 0 Å². The normalized spacial score (nSPS) is 39.5. The quantitative estimate of drug-likeness (QED) is 0.299. The smallest absolute Gasteiger partial charge is 0.300 e. The first-order valence-corrected chi connectivity index (χ1v) is 4.62. The maximum atomic E-state index is 5.42. The van der Waals surface area contributed by atoms with Crippen molar-refractivity contribution in [2.75, 3.05) is 19.6 Å². The Morgan fingerprint density at radius 3 is 2.33 bits per heavy atom. The lowest BCUT2D eigenvalue weighted by molar-refractivity contribution is -0.524. The fourth-order valence-corrected chi connectivity index (χ4v) is 2.34. The third-order valence-corrected chi connectivity index (χ3v) is 3.01. The molecule has 3 heterocycles. The molecule has 3 fully saturated rings. The van der Waals surface area contributed by atoms with Gasteiger partial charge in [-0.2, -0.15) is 0 Å². The summed E-state index contributed by atoms with van der Waals surface area (Å²) in [5.74, 6) is 1.16. The van der Waals surface area contributed by atoms with Gasteiger partial charge in [0.1, 0.15) is 0 Å². The van der Waals surface area contributed by atoms with E-state index in [2.05, 4.69) is 9.89 Å². The van der Waals surface area contributed by atoms with Crippen LogP contribution in [0.3, 0.4) is 0 Å². The number of hydrogen-bond donors (Lipinski definition) is 3. The topological polar surface area (TPSA) is 69.2 Å². The second-order valence-corrected chi connectivity index (χ2v) is 3.84. The second-order valence-electron chi connectivity index (χ2n) is 3.84. The van der Waals surface area contributed by atoms with Crippen molar-refractivity contribution in [3.8, 4) is 0 Å². The molecule has 0 saturated carbocycles. The van der Waals surface area contributed by atoms with Gasteiger partial charge in [-0.25, -0.2) is 0 Å². The van der Waals surface area contributed by atoms with Crippen molar-refractivity contribution in [2.45, 2.75) is 18.9 Å². The van der Waals surface area contributed by atoms with Gasteiger partial charge in [0.05, 0.1) is 6.04 Å². The van der Waals surface area contributed by atoms with Crippen LogP contribution in [0.25, 0.3) is 0 Å². The monoisotopic (exact) mass is 169 g/mol. The summed E-state index contributed by atoms with van der Waals surface area (Å²) in [6.45, 7) is 3.63. The minimum Gasteiger partial charge on any atom is -0.300 e. The molecule has 0 unspecified atom stereocenters. The van der Waals surface area contributed by atoms with Crippen LogP contribution in [0.1, 0.15) is 12.8 Å². The van der Waals surface area contributed by atoms with E-state index in [0.717, 1.165) is 12.5 Å². The van der Waals surface area contributed by atoms with Crippen molar-refractivity contribution in [2.24, 2.45) is 17.4 Å². The van der Waals surface area contributed by atoms with Gasteiger partial charge >= 0.3 is 5.96 Å². The fraction of sp³-hybridized carbons (Fsp3) is 0.875. The number of guanidine groups is 1. The predicted octanol–water partition coefficient (Wildman–Crippen LogP) is -2.57. The van der Waals surface area contributed by atoms with Gasteiger partial charge in [0.2, 0.25) is 0 Å². The Labute approximate surface area is 72.6 Å². The minimum absolute atomic E-state index is 0.369. The van der Waals surface area contributed by atoms with E-state index in [1.165, 1.54) is 25.9 Å². The Morgan fingerprint density at radius 1 is 1.25 bits per heavy atom. The Bertz CT molecular complexity index is 189. The summed E-state index contributed by atoms with van der Waals surface area (Å²) < 4.78 is 0. The summed E-state index contributed by atoms with van der Waals surface area (Å²) in [4.78, 5) is 5.62. The van der Waals surface area contributed by atoms with Crippen molar-refractivity contribution in [1.82, 2.24) is 4.90 Å². The highest BCUT2D eigenvalue weighted by atomic mass is 15.2. The van der Waals surface area contributed by atoms with E-state index in [4.69, 9.17) is 11.5 Å². The average molecular weight is 169 g/mol.